The molecule has 0 unspecified atom stereocenters. The van der Waals surface area contributed by atoms with Crippen molar-refractivity contribution in [2.45, 2.75) is 13.0 Å². The Bertz CT molecular complexity index is 1440. The van der Waals surface area contributed by atoms with Crippen molar-refractivity contribution in [1.82, 2.24) is 25.2 Å². The molecule has 0 aliphatic carbocycles. The topological polar surface area (TPSA) is 102 Å². The van der Waals surface area contributed by atoms with Crippen LogP contribution in [0.5, 0.6) is 11.5 Å². The molecule has 2 aromatic heterocycles. The molecule has 1 aliphatic rings. The number of nitrogens with one attached hydrogen (secondary N) is 2. The fourth-order valence-electron chi connectivity index (χ4n) is 4.62. The summed E-state index contributed by atoms with van der Waals surface area (Å²) in [6, 6.07) is 16.8. The number of benzene rings is 2. The van der Waals surface area contributed by atoms with Gasteiger partial charge in [-0.25, -0.2) is 9.97 Å². The highest BCUT2D eigenvalue weighted by atomic mass is 35.5. The van der Waals surface area contributed by atoms with E-state index >= 15 is 0 Å². The molecule has 0 saturated carbocycles. The van der Waals surface area contributed by atoms with Gasteiger partial charge in [-0.05, 0) is 69.5 Å². The molecule has 0 amide bonds. The van der Waals surface area contributed by atoms with Crippen molar-refractivity contribution in [3.63, 3.8) is 0 Å². The van der Waals surface area contributed by atoms with E-state index in [0.717, 1.165) is 35.2 Å². The van der Waals surface area contributed by atoms with E-state index in [-0.39, 0.29) is 12.4 Å². The molecule has 0 spiro atoms. The Kier molecular flexibility index (Phi) is 8.21. The fraction of sp³-hybridized carbons (Fsp3) is 0.310. The second-order valence-electron chi connectivity index (χ2n) is 9.91. The van der Waals surface area contributed by atoms with E-state index in [0.29, 0.717) is 42.0 Å². The molecule has 1 aliphatic heterocycles. The number of carbonyl (C=O) groups excluding carboxylic acids is 1. The molecule has 5 rings (SSSR count). The van der Waals surface area contributed by atoms with Crippen LogP contribution in [0.2, 0.25) is 5.02 Å². The minimum atomic E-state index is -0.575. The van der Waals surface area contributed by atoms with Crippen LogP contribution in [0.1, 0.15) is 12.1 Å². The summed E-state index contributed by atoms with van der Waals surface area (Å²) in [7, 11) is 3.81. The number of likely N-dealkylation sites (N-methyl/N-ethyl adjacent to an activating group) is 1. The second-order valence-corrected chi connectivity index (χ2v) is 10.3. The van der Waals surface area contributed by atoms with Gasteiger partial charge in [0.15, 0.2) is 5.78 Å². The molecule has 1 atom stereocenters. The normalized spacial score (nSPS) is 16.9. The van der Waals surface area contributed by atoms with E-state index in [9.17, 15) is 4.79 Å². The Labute approximate surface area is 232 Å². The number of rotatable bonds is 11. The summed E-state index contributed by atoms with van der Waals surface area (Å²) in [4.78, 5) is 28.2. The minimum absolute atomic E-state index is 0.173. The van der Waals surface area contributed by atoms with Crippen molar-refractivity contribution in [1.29, 1.82) is 0 Å². The van der Waals surface area contributed by atoms with Crippen LogP contribution in [0.3, 0.4) is 0 Å². The van der Waals surface area contributed by atoms with Crippen LogP contribution in [-0.2, 0) is 11.4 Å². The second kappa shape index (κ2) is 11.9. The molecule has 3 heterocycles. The van der Waals surface area contributed by atoms with E-state index < -0.39 is 5.41 Å². The molecule has 4 aromatic rings. The number of nitrogens with zero attached hydrogens (tertiary/aromatic N) is 4. The first-order valence-electron chi connectivity index (χ1n) is 12.8. The lowest BCUT2D eigenvalue weighted by Crippen LogP contribution is -2.43. The number of pyridine rings is 1. The summed E-state index contributed by atoms with van der Waals surface area (Å²) >= 11 is 6.53. The standard InChI is InChI=1S/C29H31ClN6O3/c1-36(2)15-26(37)29(11-13-31-17-29)18-39-25-8-5-7-23-27(25)28(34-19-33-23)35-20-9-10-24(22(30)14-20)38-16-21-6-3-4-12-32-21/h3-10,12,14,19,31H,11,13,15-18H2,1-2H3,(H,33,34,35)/t29-/m1/s1. The van der Waals surface area contributed by atoms with Gasteiger partial charge >= 0.3 is 0 Å². The van der Waals surface area contributed by atoms with Crippen molar-refractivity contribution in [3.8, 4) is 11.5 Å². The van der Waals surface area contributed by atoms with E-state index in [1.807, 2.05) is 67.5 Å². The number of hydrogen-bond acceptors (Lipinski definition) is 9. The van der Waals surface area contributed by atoms with Gasteiger partial charge in [0.25, 0.3) is 0 Å². The molecule has 10 heteroatoms. The summed E-state index contributed by atoms with van der Waals surface area (Å²) in [6.45, 7) is 2.35. The zero-order valence-corrected chi connectivity index (χ0v) is 22.7. The van der Waals surface area contributed by atoms with Crippen molar-refractivity contribution in [3.05, 3.63) is 77.8 Å². The molecular formula is C29H31ClN6O3. The first-order chi connectivity index (χ1) is 18.9. The van der Waals surface area contributed by atoms with Gasteiger partial charge < -0.3 is 25.0 Å². The fourth-order valence-corrected chi connectivity index (χ4v) is 4.85. The van der Waals surface area contributed by atoms with Crippen molar-refractivity contribution in [2.75, 3.05) is 45.7 Å². The van der Waals surface area contributed by atoms with E-state index in [2.05, 4.69) is 25.6 Å². The Hall–Kier alpha value is -3.79. The molecule has 1 saturated heterocycles. The van der Waals surface area contributed by atoms with Crippen LogP contribution >= 0.6 is 11.6 Å². The maximum absolute atomic E-state index is 13.1. The highest BCUT2D eigenvalue weighted by Gasteiger charge is 2.42. The third kappa shape index (κ3) is 6.27. The first kappa shape index (κ1) is 26.8. The van der Waals surface area contributed by atoms with Gasteiger partial charge in [-0.1, -0.05) is 23.7 Å². The lowest BCUT2D eigenvalue weighted by Gasteiger charge is -2.28. The van der Waals surface area contributed by atoms with Crippen LogP contribution in [0.25, 0.3) is 10.9 Å². The van der Waals surface area contributed by atoms with Gasteiger partial charge in [0.2, 0.25) is 0 Å². The quantitative estimate of drug-likeness (QED) is 0.282. The summed E-state index contributed by atoms with van der Waals surface area (Å²) in [5.41, 5.74) is 1.70. The summed E-state index contributed by atoms with van der Waals surface area (Å²) in [6.07, 6.45) is 3.96. The number of anilines is 2. The zero-order valence-electron chi connectivity index (χ0n) is 22.0. The molecule has 2 aromatic carbocycles. The number of hydrogen-bond donors (Lipinski definition) is 2. The molecule has 202 valence electrons. The average Bonchev–Trinajstić information content (AvgIpc) is 3.42. The van der Waals surface area contributed by atoms with Crippen LogP contribution in [0.15, 0.2) is 67.1 Å². The molecular weight excluding hydrogens is 516 g/mol. The van der Waals surface area contributed by atoms with E-state index in [1.54, 1.807) is 12.3 Å². The predicted octanol–water partition coefficient (Wildman–Crippen LogP) is 4.49. The summed E-state index contributed by atoms with van der Waals surface area (Å²) in [5, 5.41) is 7.86. The molecule has 9 nitrogen and oxygen atoms in total. The Balaban J connectivity index is 1.35. The first-order valence-corrected chi connectivity index (χ1v) is 13.2. The Morgan fingerprint density at radius 3 is 2.72 bits per heavy atom. The van der Waals surface area contributed by atoms with E-state index in [4.69, 9.17) is 21.1 Å². The van der Waals surface area contributed by atoms with Crippen LogP contribution in [-0.4, -0.2) is 66.0 Å². The van der Waals surface area contributed by atoms with Gasteiger partial charge in [-0.2, -0.15) is 0 Å². The lowest BCUT2D eigenvalue weighted by molar-refractivity contribution is -0.130. The maximum Gasteiger partial charge on any atom is 0.157 e. The van der Waals surface area contributed by atoms with Crippen LogP contribution < -0.4 is 20.1 Å². The number of ether oxygens (including phenoxy) is 2. The zero-order chi connectivity index (χ0) is 27.2. The largest absolute Gasteiger partial charge is 0.492 e. The average molecular weight is 547 g/mol. The van der Waals surface area contributed by atoms with Crippen molar-refractivity contribution < 1.29 is 14.3 Å². The van der Waals surface area contributed by atoms with Gasteiger partial charge in [-0.3, -0.25) is 9.78 Å². The van der Waals surface area contributed by atoms with Gasteiger partial charge in [-0.15, -0.1) is 0 Å². The third-order valence-corrected chi connectivity index (χ3v) is 7.02. The summed E-state index contributed by atoms with van der Waals surface area (Å²) in [5.74, 6) is 1.92. The lowest BCUT2D eigenvalue weighted by atomic mass is 9.83. The van der Waals surface area contributed by atoms with Crippen LogP contribution in [0.4, 0.5) is 11.5 Å². The number of carbonyl (C=O) groups is 1. The number of aromatic nitrogens is 3. The Morgan fingerprint density at radius 2 is 1.97 bits per heavy atom. The molecule has 39 heavy (non-hydrogen) atoms. The molecule has 0 bridgehead atoms. The highest BCUT2D eigenvalue weighted by Crippen LogP contribution is 2.36. The number of halogens is 1. The molecule has 2 N–H and O–H groups in total. The monoisotopic (exact) mass is 546 g/mol. The van der Waals surface area contributed by atoms with Crippen molar-refractivity contribution in [2.24, 2.45) is 5.41 Å². The summed E-state index contributed by atoms with van der Waals surface area (Å²) < 4.78 is 12.2. The maximum atomic E-state index is 13.1. The number of ketones is 1. The molecule has 0 radical (unpaired) electrons. The third-order valence-electron chi connectivity index (χ3n) is 6.72. The number of fused-ring (bicyclic) bond motifs is 1. The minimum Gasteiger partial charge on any atom is -0.492 e. The van der Waals surface area contributed by atoms with Gasteiger partial charge in [0.05, 0.1) is 33.6 Å². The number of Topliss-reactive ketones (excluding diaryl/α,β-unsaturated/α-hetero) is 1. The van der Waals surface area contributed by atoms with Gasteiger partial charge in [0.1, 0.15) is 36.9 Å². The van der Waals surface area contributed by atoms with Crippen LogP contribution in [0, 0.1) is 5.41 Å². The SMILES string of the molecule is CN(C)CC(=O)[C@]1(COc2cccc3ncnc(Nc4ccc(OCc5ccccn5)c(Cl)c4)c23)CCNC1. The van der Waals surface area contributed by atoms with Gasteiger partial charge in [0, 0.05) is 18.4 Å². The Morgan fingerprint density at radius 1 is 1.08 bits per heavy atom. The molecule has 1 fully saturated rings. The van der Waals surface area contributed by atoms with E-state index in [1.165, 1.54) is 6.33 Å². The highest BCUT2D eigenvalue weighted by molar-refractivity contribution is 6.32. The van der Waals surface area contributed by atoms with Crippen molar-refractivity contribution >= 4 is 39.8 Å². The predicted molar refractivity (Wildman–Crippen MR) is 152 cm³/mol. The smallest absolute Gasteiger partial charge is 0.157 e.